The third-order valence-electron chi connectivity index (χ3n) is 4.64. The van der Waals surface area contributed by atoms with Crippen LogP contribution >= 0.6 is 0 Å². The number of hydrogen-bond acceptors (Lipinski definition) is 0. The van der Waals surface area contributed by atoms with Crippen molar-refractivity contribution >= 4 is 6.08 Å². The summed E-state index contributed by atoms with van der Waals surface area (Å²) in [4.78, 5) is 0. The number of halogens is 6. The predicted molar refractivity (Wildman–Crippen MR) is 88.6 cm³/mol. The first-order chi connectivity index (χ1) is 12.0. The fraction of sp³-hybridized carbons (Fsp3) is 0.300. The minimum atomic E-state index is -4.85. The number of aryl methyl sites for hydroxylation is 1. The summed E-state index contributed by atoms with van der Waals surface area (Å²) in [6.07, 6.45) is -6.38. The molecule has 0 atom stereocenters. The molecule has 0 heterocycles. The number of benzene rings is 2. The third-order valence-corrected chi connectivity index (χ3v) is 4.64. The molecule has 0 aliphatic heterocycles. The Morgan fingerprint density at radius 2 is 1.46 bits per heavy atom. The van der Waals surface area contributed by atoms with Crippen LogP contribution in [0, 0.1) is 6.92 Å². The van der Waals surface area contributed by atoms with Gasteiger partial charge in [-0.15, -0.1) is 0 Å². The Labute approximate surface area is 147 Å². The number of rotatable bonds is 2. The van der Waals surface area contributed by atoms with Crippen molar-refractivity contribution in [3.05, 3.63) is 63.7 Å². The van der Waals surface area contributed by atoms with Crippen molar-refractivity contribution in [3.8, 4) is 11.1 Å². The van der Waals surface area contributed by atoms with Crippen molar-refractivity contribution in [1.29, 1.82) is 0 Å². The first-order valence-corrected chi connectivity index (χ1v) is 8.12. The molecule has 1 aliphatic carbocycles. The Bertz CT molecular complexity index is 852. The van der Waals surface area contributed by atoms with Crippen molar-refractivity contribution in [2.45, 2.75) is 39.0 Å². The topological polar surface area (TPSA) is 0 Å². The zero-order chi connectivity index (χ0) is 19.3. The lowest BCUT2D eigenvalue weighted by Gasteiger charge is -2.17. The summed E-state index contributed by atoms with van der Waals surface area (Å²) in [5.41, 5.74) is 1.18. The second-order valence-electron chi connectivity index (χ2n) is 6.46. The molecule has 0 amide bonds. The molecule has 6 heteroatoms. The maximum Gasteiger partial charge on any atom is 0.416 e. The van der Waals surface area contributed by atoms with Crippen LogP contribution in [-0.4, -0.2) is 0 Å². The van der Waals surface area contributed by atoms with Crippen molar-refractivity contribution in [2.24, 2.45) is 0 Å². The second kappa shape index (κ2) is 6.18. The van der Waals surface area contributed by atoms with Gasteiger partial charge < -0.3 is 0 Å². The molecule has 0 nitrogen and oxygen atoms in total. The van der Waals surface area contributed by atoms with Crippen molar-refractivity contribution in [1.82, 2.24) is 0 Å². The van der Waals surface area contributed by atoms with E-state index < -0.39 is 23.5 Å². The monoisotopic (exact) mass is 370 g/mol. The molecular weight excluding hydrogens is 354 g/mol. The summed E-state index contributed by atoms with van der Waals surface area (Å²) in [6, 6.07) is 5.39. The van der Waals surface area contributed by atoms with Crippen molar-refractivity contribution < 1.29 is 26.3 Å². The maximum absolute atomic E-state index is 13.2. The Kier molecular flexibility index (Phi) is 4.41. The van der Waals surface area contributed by atoms with Gasteiger partial charge >= 0.3 is 12.4 Å². The van der Waals surface area contributed by atoms with E-state index in [2.05, 4.69) is 0 Å². The fourth-order valence-electron chi connectivity index (χ4n) is 3.30. The molecule has 1 aliphatic rings. The highest BCUT2D eigenvalue weighted by Crippen LogP contribution is 2.42. The minimum absolute atomic E-state index is 0.0601. The molecule has 0 saturated heterocycles. The van der Waals surface area contributed by atoms with Gasteiger partial charge in [-0.05, 0) is 65.8 Å². The van der Waals surface area contributed by atoms with Gasteiger partial charge in [0.1, 0.15) is 0 Å². The van der Waals surface area contributed by atoms with Gasteiger partial charge in [-0.3, -0.25) is 0 Å². The van der Waals surface area contributed by atoms with E-state index in [0.717, 1.165) is 29.7 Å². The molecule has 26 heavy (non-hydrogen) atoms. The quantitative estimate of drug-likeness (QED) is 0.497. The van der Waals surface area contributed by atoms with Crippen molar-refractivity contribution in [3.63, 3.8) is 0 Å². The van der Waals surface area contributed by atoms with E-state index in [1.54, 1.807) is 13.0 Å². The molecule has 138 valence electrons. The summed E-state index contributed by atoms with van der Waals surface area (Å²) < 4.78 is 79.0. The van der Waals surface area contributed by atoms with E-state index in [4.69, 9.17) is 0 Å². The highest BCUT2D eigenvalue weighted by atomic mass is 19.4. The first kappa shape index (κ1) is 18.5. The zero-order valence-electron chi connectivity index (χ0n) is 14.1. The molecule has 0 fully saturated rings. The van der Waals surface area contributed by atoms with Gasteiger partial charge in [0.2, 0.25) is 0 Å². The van der Waals surface area contributed by atoms with Crippen molar-refractivity contribution in [2.75, 3.05) is 0 Å². The van der Waals surface area contributed by atoms with Gasteiger partial charge in [-0.2, -0.15) is 26.3 Å². The molecule has 2 aromatic carbocycles. The molecule has 0 aromatic heterocycles. The van der Waals surface area contributed by atoms with Crippen LogP contribution in [0.2, 0.25) is 0 Å². The van der Waals surface area contributed by atoms with Gasteiger partial charge in [0.25, 0.3) is 0 Å². The number of alkyl halides is 6. The molecule has 0 spiro atoms. The normalized spacial score (nSPS) is 14.4. The minimum Gasteiger partial charge on any atom is -0.166 e. The zero-order valence-corrected chi connectivity index (χ0v) is 14.1. The first-order valence-electron chi connectivity index (χ1n) is 8.12. The Balaban J connectivity index is 2.29. The largest absolute Gasteiger partial charge is 0.416 e. The predicted octanol–water partition coefficient (Wildman–Crippen LogP) is 7.05. The SMILES string of the molecule is CCC1=Cc2c(ccc(C)c2-c2cc(C(F)(F)F)cc(C(F)(F)F)c2)C1. The van der Waals surface area contributed by atoms with Crippen LogP contribution < -0.4 is 0 Å². The van der Waals surface area contributed by atoms with Crippen LogP contribution in [0.15, 0.2) is 35.9 Å². The average molecular weight is 370 g/mol. The Morgan fingerprint density at radius 1 is 0.885 bits per heavy atom. The van der Waals surface area contributed by atoms with Crippen LogP contribution in [0.4, 0.5) is 26.3 Å². The molecule has 0 radical (unpaired) electrons. The Morgan fingerprint density at radius 3 is 1.96 bits per heavy atom. The lowest BCUT2D eigenvalue weighted by molar-refractivity contribution is -0.143. The summed E-state index contributed by atoms with van der Waals surface area (Å²) in [5, 5.41) is 0. The summed E-state index contributed by atoms with van der Waals surface area (Å²) >= 11 is 0. The smallest absolute Gasteiger partial charge is 0.166 e. The summed E-state index contributed by atoms with van der Waals surface area (Å²) in [7, 11) is 0. The Hall–Kier alpha value is -2.24. The molecule has 0 saturated carbocycles. The van der Waals surface area contributed by atoms with E-state index in [9.17, 15) is 26.3 Å². The molecule has 0 unspecified atom stereocenters. The van der Waals surface area contributed by atoms with E-state index in [1.165, 1.54) is 0 Å². The molecular formula is C20H16F6. The van der Waals surface area contributed by atoms with Crippen LogP contribution in [-0.2, 0) is 18.8 Å². The van der Waals surface area contributed by atoms with Gasteiger partial charge in [-0.25, -0.2) is 0 Å². The summed E-state index contributed by atoms with van der Waals surface area (Å²) in [6.45, 7) is 3.66. The number of hydrogen-bond donors (Lipinski definition) is 0. The molecule has 0 N–H and O–H groups in total. The van der Waals surface area contributed by atoms with Gasteiger partial charge in [0.15, 0.2) is 0 Å². The van der Waals surface area contributed by atoms with Gasteiger partial charge in [0, 0.05) is 0 Å². The van der Waals surface area contributed by atoms with E-state index in [1.807, 2.05) is 19.1 Å². The average Bonchev–Trinajstić information content (AvgIpc) is 2.95. The van der Waals surface area contributed by atoms with E-state index in [-0.39, 0.29) is 11.6 Å². The van der Waals surface area contributed by atoms with Crippen LogP contribution in [0.3, 0.4) is 0 Å². The molecule has 2 aromatic rings. The molecule has 3 rings (SSSR count). The third kappa shape index (κ3) is 3.37. The summed E-state index contributed by atoms with van der Waals surface area (Å²) in [5.74, 6) is 0. The van der Waals surface area contributed by atoms with Gasteiger partial charge in [0.05, 0.1) is 11.1 Å². The van der Waals surface area contributed by atoms with E-state index in [0.29, 0.717) is 23.1 Å². The van der Waals surface area contributed by atoms with Gasteiger partial charge in [-0.1, -0.05) is 30.7 Å². The lowest BCUT2D eigenvalue weighted by atomic mass is 9.90. The molecule has 0 bridgehead atoms. The van der Waals surface area contributed by atoms with Crippen LogP contribution in [0.25, 0.3) is 17.2 Å². The highest BCUT2D eigenvalue weighted by Gasteiger charge is 2.37. The highest BCUT2D eigenvalue weighted by molar-refractivity contribution is 5.83. The second-order valence-corrected chi connectivity index (χ2v) is 6.46. The van der Waals surface area contributed by atoms with Crippen LogP contribution in [0.1, 0.15) is 41.2 Å². The fourth-order valence-corrected chi connectivity index (χ4v) is 3.30. The standard InChI is InChI=1S/C20H16F6/c1-3-12-6-13-5-4-11(2)18(17(13)7-12)14-8-15(19(21,22)23)10-16(9-14)20(24,25)26/h4-5,7-10H,3,6H2,1-2H3. The number of fused-ring (bicyclic) bond motifs is 1. The van der Waals surface area contributed by atoms with E-state index >= 15 is 0 Å². The lowest BCUT2D eigenvalue weighted by Crippen LogP contribution is -2.11. The van der Waals surface area contributed by atoms with Crippen LogP contribution in [0.5, 0.6) is 0 Å². The number of allylic oxidation sites excluding steroid dienone is 1. The maximum atomic E-state index is 13.2.